The summed E-state index contributed by atoms with van der Waals surface area (Å²) in [5.41, 5.74) is 2.09. The van der Waals surface area contributed by atoms with Crippen LogP contribution in [0.25, 0.3) is 0 Å². The molecule has 2 aromatic rings. The van der Waals surface area contributed by atoms with Crippen molar-refractivity contribution >= 4 is 29.1 Å². The van der Waals surface area contributed by atoms with E-state index in [1.807, 2.05) is 13.1 Å². The molecule has 134 valence electrons. The second-order valence-corrected chi connectivity index (χ2v) is 8.49. The normalized spacial score (nSPS) is 15.7. The lowest BCUT2D eigenvalue weighted by Crippen LogP contribution is -2.26. The summed E-state index contributed by atoms with van der Waals surface area (Å²) in [6, 6.07) is 7.02. The van der Waals surface area contributed by atoms with Crippen LogP contribution in [0.1, 0.15) is 49.7 Å². The molecule has 0 unspecified atom stereocenters. The molecule has 0 radical (unpaired) electrons. The van der Waals surface area contributed by atoms with Gasteiger partial charge in [0.2, 0.25) is 0 Å². The number of halogens is 2. The Morgan fingerprint density at radius 1 is 1.28 bits per heavy atom. The van der Waals surface area contributed by atoms with Crippen molar-refractivity contribution in [2.75, 3.05) is 0 Å². The third kappa shape index (κ3) is 3.85. The van der Waals surface area contributed by atoms with Crippen LogP contribution in [0.2, 0.25) is 10.0 Å². The fourth-order valence-electron chi connectivity index (χ4n) is 2.96. The maximum Gasteiger partial charge on any atom is 0.280 e. The number of aromatic nitrogens is 2. The second-order valence-electron chi connectivity index (χ2n) is 7.71. The summed E-state index contributed by atoms with van der Waals surface area (Å²) in [5.74, 6) is 0.299. The average molecular weight is 380 g/mol. The number of hydrogen-bond donors (Lipinski definition) is 0. The van der Waals surface area contributed by atoms with Crippen LogP contribution in [-0.2, 0) is 19.0 Å². The first-order valence-corrected chi connectivity index (χ1v) is 9.24. The number of amides is 1. The minimum Gasteiger partial charge on any atom is -0.291 e. The molecule has 1 fully saturated rings. The third-order valence-corrected chi connectivity index (χ3v) is 5.35. The van der Waals surface area contributed by atoms with E-state index in [1.54, 1.807) is 18.2 Å². The van der Waals surface area contributed by atoms with Crippen molar-refractivity contribution in [3.8, 4) is 0 Å². The molecule has 1 heterocycles. The Balaban J connectivity index is 2.09. The molecule has 0 saturated heterocycles. The summed E-state index contributed by atoms with van der Waals surface area (Å²) < 4.78 is 4.21. The van der Waals surface area contributed by atoms with Crippen LogP contribution in [0.5, 0.6) is 0 Å². The van der Waals surface area contributed by atoms with E-state index in [-0.39, 0.29) is 16.3 Å². The highest BCUT2D eigenvalue weighted by Gasteiger charge is 2.26. The molecule has 0 bridgehead atoms. The van der Waals surface area contributed by atoms with Crippen molar-refractivity contribution in [3.63, 3.8) is 0 Å². The summed E-state index contributed by atoms with van der Waals surface area (Å²) in [6.45, 7) is 7.34. The van der Waals surface area contributed by atoms with Gasteiger partial charge in [0.25, 0.3) is 5.91 Å². The summed E-state index contributed by atoms with van der Waals surface area (Å²) in [5, 5.41) is 0.607. The van der Waals surface area contributed by atoms with Crippen LogP contribution in [0, 0.1) is 5.92 Å². The Hall–Kier alpha value is -1.52. The molecular formula is C19H23Cl2N3O. The minimum atomic E-state index is -0.372. The molecular weight excluding hydrogens is 357 g/mol. The van der Waals surface area contributed by atoms with E-state index in [9.17, 15) is 4.79 Å². The lowest BCUT2D eigenvalue weighted by atomic mass is 9.92. The Bertz CT molecular complexity index is 883. The van der Waals surface area contributed by atoms with Crippen molar-refractivity contribution < 1.29 is 4.79 Å². The number of carbonyl (C=O) groups excluding carboxylic acids is 1. The smallest absolute Gasteiger partial charge is 0.280 e. The van der Waals surface area contributed by atoms with Crippen LogP contribution >= 0.6 is 23.2 Å². The first kappa shape index (κ1) is 18.3. The third-order valence-electron chi connectivity index (χ3n) is 4.54. The van der Waals surface area contributed by atoms with Gasteiger partial charge >= 0.3 is 0 Å². The number of carbonyl (C=O) groups is 1. The standard InChI is InChI=1S/C19H23Cl2N3O/c1-19(2,3)15-10-16(24(23(15)4)11-12-8-9-12)22-18(25)13-6-5-7-14(20)17(13)21/h5-7,10,12H,8-9,11H2,1-4H3. The molecule has 3 rings (SSSR count). The van der Waals surface area contributed by atoms with Gasteiger partial charge in [0.05, 0.1) is 15.6 Å². The van der Waals surface area contributed by atoms with E-state index in [1.165, 1.54) is 12.8 Å². The molecule has 6 heteroatoms. The monoisotopic (exact) mass is 379 g/mol. The quantitative estimate of drug-likeness (QED) is 0.768. The number of nitrogens with zero attached hydrogens (tertiary/aromatic N) is 3. The fraction of sp³-hybridized carbons (Fsp3) is 0.474. The maximum atomic E-state index is 12.7. The predicted molar refractivity (Wildman–Crippen MR) is 101 cm³/mol. The summed E-state index contributed by atoms with van der Waals surface area (Å²) >= 11 is 12.2. The number of benzene rings is 1. The minimum absolute atomic E-state index is 0.0371. The molecule has 0 atom stereocenters. The van der Waals surface area contributed by atoms with Gasteiger partial charge in [-0.15, -0.1) is 0 Å². The van der Waals surface area contributed by atoms with E-state index in [0.717, 1.165) is 12.2 Å². The van der Waals surface area contributed by atoms with Crippen molar-refractivity contribution in [3.05, 3.63) is 51.1 Å². The fourth-order valence-corrected chi connectivity index (χ4v) is 3.34. The zero-order valence-corrected chi connectivity index (χ0v) is 16.5. The maximum absolute atomic E-state index is 12.7. The van der Waals surface area contributed by atoms with E-state index in [4.69, 9.17) is 23.2 Å². The van der Waals surface area contributed by atoms with E-state index in [2.05, 4.69) is 35.1 Å². The van der Waals surface area contributed by atoms with Gasteiger partial charge in [-0.05, 0) is 30.9 Å². The number of hydrogen-bond acceptors (Lipinski definition) is 1. The van der Waals surface area contributed by atoms with Gasteiger partial charge in [-0.1, -0.05) is 50.0 Å². The first-order valence-electron chi connectivity index (χ1n) is 8.49. The molecule has 25 heavy (non-hydrogen) atoms. The van der Waals surface area contributed by atoms with Crippen molar-refractivity contribution in [2.24, 2.45) is 18.0 Å². The summed E-state index contributed by atoms with van der Waals surface area (Å²) in [7, 11) is 2.03. The molecule has 1 aromatic heterocycles. The molecule has 4 nitrogen and oxygen atoms in total. The summed E-state index contributed by atoms with van der Waals surface area (Å²) in [4.78, 5) is 17.0. The highest BCUT2D eigenvalue weighted by molar-refractivity contribution is 6.43. The van der Waals surface area contributed by atoms with Gasteiger partial charge in [0.15, 0.2) is 5.49 Å². The van der Waals surface area contributed by atoms with Crippen LogP contribution in [-0.4, -0.2) is 15.3 Å². The molecule has 0 aliphatic heterocycles. The average Bonchev–Trinajstić information content (AvgIpc) is 3.28. The molecule has 1 amide bonds. The van der Waals surface area contributed by atoms with E-state index < -0.39 is 0 Å². The van der Waals surface area contributed by atoms with Crippen molar-refractivity contribution in [1.82, 2.24) is 9.36 Å². The first-order chi connectivity index (χ1) is 11.7. The van der Waals surface area contributed by atoms with Gasteiger partial charge in [-0.25, -0.2) is 0 Å². The Morgan fingerprint density at radius 3 is 2.56 bits per heavy atom. The SMILES string of the molecule is Cn1c(C(C)(C)C)cc(=NC(=O)c2cccc(Cl)c2Cl)n1CC1CC1. The van der Waals surface area contributed by atoms with Crippen LogP contribution in [0.15, 0.2) is 29.3 Å². The van der Waals surface area contributed by atoms with Gasteiger partial charge in [0, 0.05) is 30.8 Å². The molecule has 1 aromatic carbocycles. The van der Waals surface area contributed by atoms with E-state index in [0.29, 0.717) is 22.0 Å². The Labute approximate surface area is 158 Å². The predicted octanol–water partition coefficient (Wildman–Crippen LogP) is 4.58. The van der Waals surface area contributed by atoms with Crippen molar-refractivity contribution in [2.45, 2.75) is 45.6 Å². The van der Waals surface area contributed by atoms with Crippen molar-refractivity contribution in [1.29, 1.82) is 0 Å². The summed E-state index contributed by atoms with van der Waals surface area (Å²) in [6.07, 6.45) is 2.47. The molecule has 1 aliphatic carbocycles. The lowest BCUT2D eigenvalue weighted by molar-refractivity contribution is 0.0997. The number of rotatable bonds is 3. The topological polar surface area (TPSA) is 39.3 Å². The zero-order chi connectivity index (χ0) is 18.4. The van der Waals surface area contributed by atoms with Gasteiger partial charge < -0.3 is 0 Å². The lowest BCUT2D eigenvalue weighted by Gasteiger charge is -2.20. The van der Waals surface area contributed by atoms with Crippen LogP contribution in [0.4, 0.5) is 0 Å². The largest absolute Gasteiger partial charge is 0.291 e. The molecule has 0 spiro atoms. The van der Waals surface area contributed by atoms with Crippen LogP contribution < -0.4 is 5.49 Å². The highest BCUT2D eigenvalue weighted by atomic mass is 35.5. The van der Waals surface area contributed by atoms with E-state index >= 15 is 0 Å². The molecule has 0 N–H and O–H groups in total. The second kappa shape index (κ2) is 6.65. The Morgan fingerprint density at radius 2 is 1.96 bits per heavy atom. The van der Waals surface area contributed by atoms with Gasteiger partial charge in [-0.2, -0.15) is 4.99 Å². The van der Waals surface area contributed by atoms with Crippen LogP contribution in [0.3, 0.4) is 0 Å². The molecule has 1 saturated carbocycles. The van der Waals surface area contributed by atoms with Gasteiger partial charge in [-0.3, -0.25) is 14.2 Å². The Kier molecular flexibility index (Phi) is 4.86. The molecule has 1 aliphatic rings. The zero-order valence-electron chi connectivity index (χ0n) is 15.0. The van der Waals surface area contributed by atoms with Gasteiger partial charge in [0.1, 0.15) is 0 Å². The highest BCUT2D eigenvalue weighted by Crippen LogP contribution is 2.31.